The van der Waals surface area contributed by atoms with Gasteiger partial charge in [-0.05, 0) is 12.1 Å². The van der Waals surface area contributed by atoms with Crippen molar-refractivity contribution < 1.29 is 0 Å². The molecule has 0 aliphatic carbocycles. The quantitative estimate of drug-likeness (QED) is 0.684. The zero-order valence-corrected chi connectivity index (χ0v) is 7.91. The van der Waals surface area contributed by atoms with E-state index in [-0.39, 0.29) is 5.69 Å². The van der Waals surface area contributed by atoms with Crippen LogP contribution in [-0.4, -0.2) is 19.7 Å². The summed E-state index contributed by atoms with van der Waals surface area (Å²) in [6.45, 7) is 0. The van der Waals surface area contributed by atoms with Crippen LogP contribution in [0.15, 0.2) is 28.2 Å². The third-order valence-electron chi connectivity index (χ3n) is 2.07. The lowest BCUT2D eigenvalue weighted by molar-refractivity contribution is 0.868. The predicted molar refractivity (Wildman–Crippen MR) is 51.5 cm³/mol. The first kappa shape index (κ1) is 7.81. The van der Waals surface area contributed by atoms with Gasteiger partial charge >= 0.3 is 5.69 Å². The number of nitrogens with zero attached hydrogens (tertiary/aromatic N) is 3. The summed E-state index contributed by atoms with van der Waals surface area (Å²) in [6, 6.07) is 3.68. The second kappa shape index (κ2) is 2.71. The molecule has 0 radical (unpaired) electrons. The van der Waals surface area contributed by atoms with Crippen molar-refractivity contribution in [3.05, 3.63) is 34.6 Å². The Balaban J connectivity index is 2.38. The highest BCUT2D eigenvalue weighted by molar-refractivity contribution is 7.98. The summed E-state index contributed by atoms with van der Waals surface area (Å²) in [5.41, 5.74) is 0.618. The molecule has 14 heavy (non-hydrogen) atoms. The van der Waals surface area contributed by atoms with Gasteiger partial charge in [0.05, 0.1) is 11.4 Å². The minimum absolute atomic E-state index is 0.199. The number of nitrogens with one attached hydrogen (secondary N) is 1. The molecule has 0 saturated heterocycles. The topological polar surface area (TPSA) is 63.6 Å². The number of thioether (sulfide) groups is 1. The van der Waals surface area contributed by atoms with Crippen molar-refractivity contribution >= 4 is 11.8 Å². The van der Waals surface area contributed by atoms with Crippen molar-refractivity contribution in [1.29, 1.82) is 0 Å². The van der Waals surface area contributed by atoms with Gasteiger partial charge in [0.25, 0.3) is 0 Å². The van der Waals surface area contributed by atoms with Gasteiger partial charge in [-0.25, -0.2) is 19.4 Å². The average molecular weight is 206 g/mol. The first-order valence-electron chi connectivity index (χ1n) is 4.11. The van der Waals surface area contributed by atoms with Gasteiger partial charge in [-0.15, -0.1) is 0 Å². The molecule has 6 heteroatoms. The van der Waals surface area contributed by atoms with Gasteiger partial charge in [-0.3, -0.25) is 0 Å². The van der Waals surface area contributed by atoms with Crippen LogP contribution in [0.5, 0.6) is 0 Å². The Hall–Kier alpha value is -1.56. The highest BCUT2D eigenvalue weighted by Crippen LogP contribution is 2.30. The number of fused-ring (bicyclic) bond motifs is 3. The third kappa shape index (κ3) is 0.941. The maximum absolute atomic E-state index is 11.4. The molecule has 70 valence electrons. The fraction of sp³-hybridized carbons (Fsp3) is 0.125. The van der Waals surface area contributed by atoms with E-state index in [1.165, 1.54) is 0 Å². The van der Waals surface area contributed by atoms with Crippen LogP contribution in [-0.2, 0) is 5.75 Å². The molecule has 1 aliphatic heterocycles. The van der Waals surface area contributed by atoms with E-state index in [4.69, 9.17) is 0 Å². The van der Waals surface area contributed by atoms with Crippen molar-refractivity contribution in [2.75, 3.05) is 0 Å². The maximum atomic E-state index is 11.4. The molecular formula is C8H6N4OS. The number of hydrogen-bond acceptors (Lipinski definition) is 4. The van der Waals surface area contributed by atoms with E-state index in [9.17, 15) is 4.79 Å². The van der Waals surface area contributed by atoms with Crippen molar-refractivity contribution in [2.24, 2.45) is 0 Å². The number of H-pyrrole nitrogens is 1. The van der Waals surface area contributed by atoms with Gasteiger partial charge in [0.15, 0.2) is 0 Å². The highest BCUT2D eigenvalue weighted by Gasteiger charge is 2.19. The van der Waals surface area contributed by atoms with E-state index in [0.717, 1.165) is 16.5 Å². The van der Waals surface area contributed by atoms with Crippen molar-refractivity contribution in [3.8, 4) is 5.69 Å². The van der Waals surface area contributed by atoms with Crippen LogP contribution in [0.2, 0.25) is 0 Å². The number of aromatic amines is 1. The first-order valence-corrected chi connectivity index (χ1v) is 5.09. The third-order valence-corrected chi connectivity index (χ3v) is 3.06. The molecule has 3 heterocycles. The lowest BCUT2D eigenvalue weighted by Crippen LogP contribution is -2.19. The second-order valence-electron chi connectivity index (χ2n) is 2.90. The Morgan fingerprint density at radius 2 is 2.50 bits per heavy atom. The van der Waals surface area contributed by atoms with E-state index in [1.54, 1.807) is 22.5 Å². The molecule has 0 unspecified atom stereocenters. The largest absolute Gasteiger partial charge is 0.348 e. The maximum Gasteiger partial charge on any atom is 0.348 e. The first-order chi connectivity index (χ1) is 6.86. The molecule has 0 bridgehead atoms. The van der Waals surface area contributed by atoms with Crippen LogP contribution in [0.4, 0.5) is 0 Å². The summed E-state index contributed by atoms with van der Waals surface area (Å²) in [7, 11) is 0. The van der Waals surface area contributed by atoms with Gasteiger partial charge in [-0.1, -0.05) is 11.8 Å². The Kier molecular flexibility index (Phi) is 1.51. The van der Waals surface area contributed by atoms with Crippen molar-refractivity contribution in [2.45, 2.75) is 10.8 Å². The zero-order valence-electron chi connectivity index (χ0n) is 7.10. The Bertz CT molecular complexity index is 544. The van der Waals surface area contributed by atoms with Gasteiger partial charge in [0.1, 0.15) is 10.9 Å². The van der Waals surface area contributed by atoms with E-state index < -0.39 is 0 Å². The molecule has 0 fully saturated rings. The van der Waals surface area contributed by atoms with Crippen LogP contribution in [0, 0.1) is 0 Å². The monoisotopic (exact) mass is 206 g/mol. The highest BCUT2D eigenvalue weighted by atomic mass is 32.2. The predicted octanol–water partition coefficient (Wildman–Crippen LogP) is 0.561. The summed E-state index contributed by atoms with van der Waals surface area (Å²) >= 11 is 1.59. The standard InChI is InChI=1S/C8H6N4OS/c13-8-11-10-6-4-14-7-5(12(6)8)2-1-3-9-7/h1-3H,4H2,(H,11,13). The van der Waals surface area contributed by atoms with Crippen LogP contribution >= 0.6 is 11.8 Å². The molecule has 0 saturated carbocycles. The van der Waals surface area contributed by atoms with Gasteiger partial charge in [-0.2, -0.15) is 5.10 Å². The van der Waals surface area contributed by atoms with Gasteiger partial charge < -0.3 is 0 Å². The zero-order chi connectivity index (χ0) is 9.54. The second-order valence-corrected chi connectivity index (χ2v) is 3.86. The molecular weight excluding hydrogens is 200 g/mol. The summed E-state index contributed by atoms with van der Waals surface area (Å²) in [4.78, 5) is 15.6. The molecule has 1 aliphatic rings. The van der Waals surface area contributed by atoms with Gasteiger partial charge in [0.2, 0.25) is 0 Å². The fourth-order valence-corrected chi connectivity index (χ4v) is 2.37. The SMILES string of the molecule is O=c1[nH]nc2n1-c1cccnc1SC2. The molecule has 0 amide bonds. The molecule has 0 spiro atoms. The minimum Gasteiger partial charge on any atom is -0.248 e. The van der Waals surface area contributed by atoms with E-state index in [2.05, 4.69) is 15.2 Å². The minimum atomic E-state index is -0.199. The molecule has 5 nitrogen and oxygen atoms in total. The van der Waals surface area contributed by atoms with Crippen LogP contribution in [0.25, 0.3) is 5.69 Å². The molecule has 2 aromatic heterocycles. The van der Waals surface area contributed by atoms with Crippen LogP contribution in [0.1, 0.15) is 5.82 Å². The van der Waals surface area contributed by atoms with Crippen LogP contribution < -0.4 is 5.69 Å². The number of pyridine rings is 1. The molecule has 0 atom stereocenters. The average Bonchev–Trinajstić information content (AvgIpc) is 2.61. The Morgan fingerprint density at radius 1 is 1.57 bits per heavy atom. The van der Waals surface area contributed by atoms with Crippen LogP contribution in [0.3, 0.4) is 0 Å². The summed E-state index contributed by atoms with van der Waals surface area (Å²) in [5.74, 6) is 1.43. The normalized spacial score (nSPS) is 13.4. The fourth-order valence-electron chi connectivity index (χ4n) is 1.47. The van der Waals surface area contributed by atoms with Crippen molar-refractivity contribution in [1.82, 2.24) is 19.7 Å². The summed E-state index contributed by atoms with van der Waals surface area (Å²) in [5, 5.41) is 7.25. The van der Waals surface area contributed by atoms with E-state index in [0.29, 0.717) is 5.75 Å². The van der Waals surface area contributed by atoms with Crippen molar-refractivity contribution in [3.63, 3.8) is 0 Å². The van der Waals surface area contributed by atoms with E-state index >= 15 is 0 Å². The number of rotatable bonds is 0. The smallest absolute Gasteiger partial charge is 0.248 e. The molecule has 1 N–H and O–H groups in total. The summed E-state index contributed by atoms with van der Waals surface area (Å²) in [6.07, 6.45) is 1.72. The Labute approximate surface area is 83.2 Å². The number of hydrogen-bond donors (Lipinski definition) is 1. The molecule has 0 aromatic carbocycles. The van der Waals surface area contributed by atoms with Gasteiger partial charge in [0, 0.05) is 6.20 Å². The van der Waals surface area contributed by atoms with E-state index in [1.807, 2.05) is 12.1 Å². The lowest BCUT2D eigenvalue weighted by Gasteiger charge is -2.14. The lowest BCUT2D eigenvalue weighted by atomic mass is 10.4. The summed E-state index contributed by atoms with van der Waals surface area (Å²) < 4.78 is 1.57. The number of aromatic nitrogens is 4. The Morgan fingerprint density at radius 3 is 3.43 bits per heavy atom. The molecule has 3 rings (SSSR count). The molecule has 2 aromatic rings.